The third-order valence-electron chi connectivity index (χ3n) is 2.12. The van der Waals surface area contributed by atoms with E-state index in [1.807, 2.05) is 6.07 Å². The lowest BCUT2D eigenvalue weighted by Crippen LogP contribution is -1.97. The monoisotopic (exact) mass is 207 g/mol. The molecule has 0 radical (unpaired) electrons. The van der Waals surface area contributed by atoms with Gasteiger partial charge in [0.05, 0.1) is 10.6 Å². The smallest absolute Gasteiger partial charge is 0.151 e. The molecule has 0 saturated heterocycles. The predicted molar refractivity (Wildman–Crippen MR) is 60.8 cm³/mol. The van der Waals surface area contributed by atoms with Gasteiger partial charge in [-0.05, 0) is 25.3 Å². The fourth-order valence-corrected chi connectivity index (χ4v) is 2.18. The fourth-order valence-electron chi connectivity index (χ4n) is 1.40. The molecule has 0 aliphatic rings. The first-order valence-corrected chi connectivity index (χ1v) is 5.53. The summed E-state index contributed by atoms with van der Waals surface area (Å²) in [5.74, 6) is 0.955. The highest BCUT2D eigenvalue weighted by molar-refractivity contribution is 7.13. The molecule has 0 aliphatic heterocycles. The van der Waals surface area contributed by atoms with Crippen molar-refractivity contribution < 1.29 is 0 Å². The van der Waals surface area contributed by atoms with Crippen LogP contribution in [0.1, 0.15) is 12.5 Å². The van der Waals surface area contributed by atoms with E-state index in [0.717, 1.165) is 18.1 Å². The zero-order valence-electron chi connectivity index (χ0n) is 8.29. The molecule has 0 fully saturated rings. The third kappa shape index (κ3) is 1.53. The number of hydrogen-bond donors (Lipinski definition) is 2. The van der Waals surface area contributed by atoms with Gasteiger partial charge in [0.1, 0.15) is 0 Å². The van der Waals surface area contributed by atoms with Crippen molar-refractivity contribution in [3.05, 3.63) is 23.1 Å². The summed E-state index contributed by atoms with van der Waals surface area (Å²) in [4.78, 5) is 1.24. The highest BCUT2D eigenvalue weighted by atomic mass is 32.1. The summed E-state index contributed by atoms with van der Waals surface area (Å²) in [6.45, 7) is 5.05. The number of nitrogens with one attached hydrogen (secondary N) is 2. The summed E-state index contributed by atoms with van der Waals surface area (Å²) in [6.07, 6.45) is 0. The molecule has 2 heterocycles. The number of thiophene rings is 1. The molecular weight excluding hydrogens is 194 g/mol. The van der Waals surface area contributed by atoms with E-state index in [4.69, 9.17) is 0 Å². The molecule has 0 aliphatic carbocycles. The summed E-state index contributed by atoms with van der Waals surface area (Å²) in [5, 5.41) is 12.6. The Bertz CT molecular complexity index is 403. The van der Waals surface area contributed by atoms with E-state index in [1.54, 1.807) is 11.3 Å². The highest BCUT2D eigenvalue weighted by Crippen LogP contribution is 2.28. The number of aromatic amines is 1. The maximum Gasteiger partial charge on any atom is 0.151 e. The van der Waals surface area contributed by atoms with Crippen molar-refractivity contribution in [2.24, 2.45) is 0 Å². The summed E-state index contributed by atoms with van der Waals surface area (Å²) in [5.41, 5.74) is 2.31. The van der Waals surface area contributed by atoms with E-state index < -0.39 is 0 Å². The average molecular weight is 207 g/mol. The minimum Gasteiger partial charge on any atom is -0.369 e. The van der Waals surface area contributed by atoms with Gasteiger partial charge in [-0.25, -0.2) is 0 Å². The van der Waals surface area contributed by atoms with Crippen LogP contribution in [-0.4, -0.2) is 16.7 Å². The van der Waals surface area contributed by atoms with Crippen LogP contribution >= 0.6 is 11.3 Å². The molecule has 0 saturated carbocycles. The maximum atomic E-state index is 4.23. The van der Waals surface area contributed by atoms with E-state index in [1.165, 1.54) is 10.4 Å². The zero-order valence-corrected chi connectivity index (χ0v) is 9.11. The van der Waals surface area contributed by atoms with Gasteiger partial charge < -0.3 is 5.32 Å². The number of aromatic nitrogens is 2. The number of rotatable bonds is 3. The van der Waals surface area contributed by atoms with Crippen LogP contribution in [-0.2, 0) is 0 Å². The SMILES string of the molecule is CCNc1n[nH]c(-c2cccs2)c1C. The molecule has 0 amide bonds. The Morgan fingerprint density at radius 2 is 2.43 bits per heavy atom. The van der Waals surface area contributed by atoms with E-state index in [9.17, 15) is 0 Å². The Morgan fingerprint density at radius 3 is 3.07 bits per heavy atom. The van der Waals surface area contributed by atoms with Gasteiger partial charge in [-0.15, -0.1) is 11.3 Å². The largest absolute Gasteiger partial charge is 0.369 e. The van der Waals surface area contributed by atoms with Crippen LogP contribution in [0.2, 0.25) is 0 Å². The maximum absolute atomic E-state index is 4.23. The summed E-state index contributed by atoms with van der Waals surface area (Å²) in [7, 11) is 0. The molecule has 0 atom stereocenters. The normalized spacial score (nSPS) is 10.4. The van der Waals surface area contributed by atoms with Crippen molar-refractivity contribution >= 4 is 17.2 Å². The quantitative estimate of drug-likeness (QED) is 0.812. The van der Waals surface area contributed by atoms with Gasteiger partial charge in [0, 0.05) is 12.1 Å². The summed E-state index contributed by atoms with van der Waals surface area (Å²) < 4.78 is 0. The van der Waals surface area contributed by atoms with Crippen molar-refractivity contribution in [3.8, 4) is 10.6 Å². The Kier molecular flexibility index (Phi) is 2.54. The topological polar surface area (TPSA) is 40.7 Å². The second-order valence-electron chi connectivity index (χ2n) is 3.08. The van der Waals surface area contributed by atoms with Crippen LogP contribution in [0.4, 0.5) is 5.82 Å². The number of H-pyrrole nitrogens is 1. The van der Waals surface area contributed by atoms with Crippen molar-refractivity contribution in [2.75, 3.05) is 11.9 Å². The van der Waals surface area contributed by atoms with Gasteiger partial charge in [-0.3, -0.25) is 5.10 Å². The lowest BCUT2D eigenvalue weighted by Gasteiger charge is -1.98. The molecule has 2 aromatic rings. The van der Waals surface area contributed by atoms with Crippen molar-refractivity contribution in [3.63, 3.8) is 0 Å². The molecule has 74 valence electrons. The lowest BCUT2D eigenvalue weighted by atomic mass is 10.2. The minimum atomic E-state index is 0.898. The van der Waals surface area contributed by atoms with Gasteiger partial charge in [0.15, 0.2) is 5.82 Å². The zero-order chi connectivity index (χ0) is 9.97. The van der Waals surface area contributed by atoms with Crippen LogP contribution in [0.25, 0.3) is 10.6 Å². The van der Waals surface area contributed by atoms with E-state index in [0.29, 0.717) is 0 Å². The van der Waals surface area contributed by atoms with Gasteiger partial charge in [-0.1, -0.05) is 6.07 Å². The van der Waals surface area contributed by atoms with Gasteiger partial charge >= 0.3 is 0 Å². The summed E-state index contributed by atoms with van der Waals surface area (Å²) >= 11 is 1.72. The van der Waals surface area contributed by atoms with Crippen LogP contribution < -0.4 is 5.32 Å². The Morgan fingerprint density at radius 1 is 1.57 bits per heavy atom. The van der Waals surface area contributed by atoms with Gasteiger partial charge in [0.2, 0.25) is 0 Å². The van der Waals surface area contributed by atoms with Crippen LogP contribution in [0.3, 0.4) is 0 Å². The molecule has 0 aromatic carbocycles. The minimum absolute atomic E-state index is 0.898. The van der Waals surface area contributed by atoms with E-state index >= 15 is 0 Å². The standard InChI is InChI=1S/C10H13N3S/c1-3-11-10-7(2)9(12-13-10)8-5-4-6-14-8/h4-6H,3H2,1-2H3,(H2,11,12,13). The number of anilines is 1. The van der Waals surface area contributed by atoms with Crippen LogP contribution in [0, 0.1) is 6.92 Å². The third-order valence-corrected chi connectivity index (χ3v) is 3.01. The first kappa shape index (κ1) is 9.27. The second kappa shape index (κ2) is 3.84. The van der Waals surface area contributed by atoms with Crippen molar-refractivity contribution in [1.29, 1.82) is 0 Å². The fraction of sp³-hybridized carbons (Fsp3) is 0.300. The average Bonchev–Trinajstić information content (AvgIpc) is 2.77. The van der Waals surface area contributed by atoms with E-state index in [-0.39, 0.29) is 0 Å². The Balaban J connectivity index is 2.36. The van der Waals surface area contributed by atoms with E-state index in [2.05, 4.69) is 40.8 Å². The molecule has 4 heteroatoms. The first-order chi connectivity index (χ1) is 6.83. The molecule has 0 bridgehead atoms. The Hall–Kier alpha value is -1.29. The molecule has 14 heavy (non-hydrogen) atoms. The Labute approximate surface area is 87.2 Å². The predicted octanol–water partition coefficient (Wildman–Crippen LogP) is 2.88. The van der Waals surface area contributed by atoms with Crippen molar-refractivity contribution in [1.82, 2.24) is 10.2 Å². The molecule has 2 aromatic heterocycles. The van der Waals surface area contributed by atoms with Crippen LogP contribution in [0.15, 0.2) is 17.5 Å². The summed E-state index contributed by atoms with van der Waals surface area (Å²) in [6, 6.07) is 4.15. The number of hydrogen-bond acceptors (Lipinski definition) is 3. The molecule has 0 unspecified atom stereocenters. The highest BCUT2D eigenvalue weighted by Gasteiger charge is 2.09. The second-order valence-corrected chi connectivity index (χ2v) is 4.03. The number of nitrogens with zero attached hydrogens (tertiary/aromatic N) is 1. The van der Waals surface area contributed by atoms with Gasteiger partial charge in [-0.2, -0.15) is 5.10 Å². The molecule has 2 N–H and O–H groups in total. The van der Waals surface area contributed by atoms with Crippen molar-refractivity contribution in [2.45, 2.75) is 13.8 Å². The lowest BCUT2D eigenvalue weighted by molar-refractivity contribution is 1.07. The molecule has 3 nitrogen and oxygen atoms in total. The van der Waals surface area contributed by atoms with Crippen LogP contribution in [0.5, 0.6) is 0 Å². The molecule has 0 spiro atoms. The molecular formula is C10H13N3S. The first-order valence-electron chi connectivity index (χ1n) is 4.65. The molecule has 2 rings (SSSR count). The van der Waals surface area contributed by atoms with Gasteiger partial charge in [0.25, 0.3) is 0 Å².